The van der Waals surface area contributed by atoms with Crippen molar-refractivity contribution in [1.29, 1.82) is 0 Å². The summed E-state index contributed by atoms with van der Waals surface area (Å²) in [6.07, 6.45) is 1.56. The fourth-order valence-corrected chi connectivity index (χ4v) is 3.05. The van der Waals surface area contributed by atoms with E-state index in [1.54, 1.807) is 10.5 Å². The van der Waals surface area contributed by atoms with Gasteiger partial charge < -0.3 is 5.73 Å². The van der Waals surface area contributed by atoms with Gasteiger partial charge in [-0.2, -0.15) is 0 Å². The maximum absolute atomic E-state index is 12.2. The molecule has 22 heavy (non-hydrogen) atoms. The maximum Gasteiger partial charge on any atom is 0.258 e. The number of carbonyl (C=O) groups excluding carboxylic acids is 1. The van der Waals surface area contributed by atoms with Gasteiger partial charge in [0.2, 0.25) is 5.91 Å². The van der Waals surface area contributed by atoms with Crippen molar-refractivity contribution in [2.75, 3.05) is 13.1 Å². The number of primary amides is 1. The third kappa shape index (κ3) is 2.87. The van der Waals surface area contributed by atoms with Gasteiger partial charge >= 0.3 is 0 Å². The average Bonchev–Trinajstić information content (AvgIpc) is 2.47. The van der Waals surface area contributed by atoms with Crippen LogP contribution in [0.3, 0.4) is 0 Å². The molecule has 6 heteroatoms. The maximum atomic E-state index is 12.2. The lowest BCUT2D eigenvalue weighted by atomic mass is 9.96. The van der Waals surface area contributed by atoms with Gasteiger partial charge in [0.05, 0.1) is 5.69 Å². The molecule has 0 spiro atoms. The zero-order valence-electron chi connectivity index (χ0n) is 12.7. The van der Waals surface area contributed by atoms with Crippen molar-refractivity contribution >= 4 is 11.6 Å². The first kappa shape index (κ1) is 14.7. The molecule has 0 saturated carbocycles. The van der Waals surface area contributed by atoms with Crippen molar-refractivity contribution in [3.63, 3.8) is 0 Å². The molecule has 2 aromatic heterocycles. The minimum atomic E-state index is -0.211. The van der Waals surface area contributed by atoms with Gasteiger partial charge in [-0.05, 0) is 45.0 Å². The van der Waals surface area contributed by atoms with E-state index < -0.39 is 0 Å². The average molecular weight is 300 g/mol. The standard InChI is InChI=1S/C16H20N4O2/c1-11-3-2-4-14-18-13(9-15(21)20(11)14)10-19-7-5-12(6-8-19)16(17)22/h2-4,9,12H,5-8,10H2,1H3,(H2,17,22). The number of fused-ring (bicyclic) bond motifs is 1. The number of rotatable bonds is 3. The Hall–Kier alpha value is -2.21. The van der Waals surface area contributed by atoms with Crippen molar-refractivity contribution in [3.05, 3.63) is 46.0 Å². The highest BCUT2D eigenvalue weighted by Gasteiger charge is 2.23. The van der Waals surface area contributed by atoms with Crippen molar-refractivity contribution in [3.8, 4) is 0 Å². The quantitative estimate of drug-likeness (QED) is 0.905. The van der Waals surface area contributed by atoms with Crippen LogP contribution in [0.4, 0.5) is 0 Å². The fourth-order valence-electron chi connectivity index (χ4n) is 3.05. The molecule has 1 aliphatic heterocycles. The second-order valence-electron chi connectivity index (χ2n) is 5.90. The number of hydrogen-bond acceptors (Lipinski definition) is 4. The molecule has 1 saturated heterocycles. The fraction of sp³-hybridized carbons (Fsp3) is 0.438. The minimum absolute atomic E-state index is 0.0194. The number of likely N-dealkylation sites (tertiary alicyclic amines) is 1. The van der Waals surface area contributed by atoms with E-state index in [1.807, 2.05) is 25.1 Å². The summed E-state index contributed by atoms with van der Waals surface area (Å²) in [4.78, 5) is 30.2. The molecule has 116 valence electrons. The molecule has 3 heterocycles. The summed E-state index contributed by atoms with van der Waals surface area (Å²) in [5, 5.41) is 0. The third-order valence-electron chi connectivity index (χ3n) is 4.31. The number of aryl methyl sites for hydroxylation is 1. The summed E-state index contributed by atoms with van der Waals surface area (Å²) in [5.41, 5.74) is 7.62. The number of hydrogen-bond donors (Lipinski definition) is 1. The Morgan fingerprint density at radius 1 is 1.36 bits per heavy atom. The summed E-state index contributed by atoms with van der Waals surface area (Å²) in [7, 11) is 0. The number of nitrogens with two attached hydrogens (primary N) is 1. The highest BCUT2D eigenvalue weighted by molar-refractivity contribution is 5.76. The number of pyridine rings is 1. The van der Waals surface area contributed by atoms with Gasteiger partial charge in [-0.1, -0.05) is 6.07 Å². The number of carbonyl (C=O) groups is 1. The van der Waals surface area contributed by atoms with Gasteiger partial charge in [0, 0.05) is 24.2 Å². The van der Waals surface area contributed by atoms with Crippen LogP contribution in [0.1, 0.15) is 24.2 Å². The van der Waals surface area contributed by atoms with Gasteiger partial charge in [0.15, 0.2) is 0 Å². The van der Waals surface area contributed by atoms with Crippen LogP contribution >= 0.6 is 0 Å². The van der Waals surface area contributed by atoms with Gasteiger partial charge in [0.25, 0.3) is 5.56 Å². The summed E-state index contributed by atoms with van der Waals surface area (Å²) in [5.74, 6) is -0.230. The molecule has 1 aliphatic rings. The second kappa shape index (κ2) is 5.88. The first-order valence-corrected chi connectivity index (χ1v) is 7.54. The lowest BCUT2D eigenvalue weighted by molar-refractivity contribution is -0.123. The molecule has 0 radical (unpaired) electrons. The monoisotopic (exact) mass is 300 g/mol. The molecule has 0 aromatic carbocycles. The number of amides is 1. The van der Waals surface area contributed by atoms with Crippen LogP contribution in [0.2, 0.25) is 0 Å². The SMILES string of the molecule is Cc1cccc2nc(CN3CCC(C(N)=O)CC3)cc(=O)n12. The largest absolute Gasteiger partial charge is 0.369 e. The van der Waals surface area contributed by atoms with Crippen LogP contribution < -0.4 is 11.3 Å². The molecular formula is C16H20N4O2. The Balaban J connectivity index is 1.78. The van der Waals surface area contributed by atoms with Crippen LogP contribution in [0, 0.1) is 12.8 Å². The Morgan fingerprint density at radius 3 is 2.77 bits per heavy atom. The van der Waals surface area contributed by atoms with E-state index >= 15 is 0 Å². The summed E-state index contributed by atoms with van der Waals surface area (Å²) < 4.78 is 1.61. The van der Waals surface area contributed by atoms with E-state index in [-0.39, 0.29) is 17.4 Å². The van der Waals surface area contributed by atoms with Gasteiger partial charge in [0.1, 0.15) is 5.65 Å². The van der Waals surface area contributed by atoms with Crippen LogP contribution in [0.25, 0.3) is 5.65 Å². The number of aromatic nitrogens is 2. The second-order valence-corrected chi connectivity index (χ2v) is 5.90. The molecule has 3 rings (SSSR count). The lowest BCUT2D eigenvalue weighted by Gasteiger charge is -2.30. The molecular weight excluding hydrogens is 280 g/mol. The van der Waals surface area contributed by atoms with Crippen molar-refractivity contribution in [2.45, 2.75) is 26.3 Å². The lowest BCUT2D eigenvalue weighted by Crippen LogP contribution is -2.38. The minimum Gasteiger partial charge on any atom is -0.369 e. The van der Waals surface area contributed by atoms with Crippen molar-refractivity contribution < 1.29 is 4.79 Å². The Kier molecular flexibility index (Phi) is 3.94. The van der Waals surface area contributed by atoms with Crippen LogP contribution in [-0.2, 0) is 11.3 Å². The van der Waals surface area contributed by atoms with E-state index in [0.717, 1.165) is 37.3 Å². The Bertz CT molecular complexity index is 760. The predicted octanol–water partition coefficient (Wildman–Crippen LogP) is 0.700. The van der Waals surface area contributed by atoms with Crippen molar-refractivity contribution in [1.82, 2.24) is 14.3 Å². The van der Waals surface area contributed by atoms with E-state index in [1.165, 1.54) is 0 Å². The molecule has 1 amide bonds. The highest BCUT2D eigenvalue weighted by Crippen LogP contribution is 2.18. The Labute approximate surface area is 128 Å². The summed E-state index contributed by atoms with van der Waals surface area (Å²) in [6.45, 7) is 4.14. The molecule has 2 aromatic rings. The van der Waals surface area contributed by atoms with E-state index in [9.17, 15) is 9.59 Å². The van der Waals surface area contributed by atoms with Gasteiger partial charge in [-0.25, -0.2) is 4.98 Å². The molecule has 6 nitrogen and oxygen atoms in total. The topological polar surface area (TPSA) is 80.7 Å². The number of nitrogens with zero attached hydrogens (tertiary/aromatic N) is 3. The van der Waals surface area contributed by atoms with Crippen LogP contribution in [0.5, 0.6) is 0 Å². The first-order valence-electron chi connectivity index (χ1n) is 7.54. The Morgan fingerprint density at radius 2 is 2.09 bits per heavy atom. The predicted molar refractivity (Wildman–Crippen MR) is 83.4 cm³/mol. The summed E-state index contributed by atoms with van der Waals surface area (Å²) >= 11 is 0. The van der Waals surface area contributed by atoms with E-state index in [4.69, 9.17) is 5.73 Å². The van der Waals surface area contributed by atoms with E-state index in [0.29, 0.717) is 12.2 Å². The summed E-state index contributed by atoms with van der Waals surface area (Å²) in [6, 6.07) is 7.24. The smallest absolute Gasteiger partial charge is 0.258 e. The molecule has 0 unspecified atom stereocenters. The van der Waals surface area contributed by atoms with E-state index in [2.05, 4.69) is 9.88 Å². The van der Waals surface area contributed by atoms with Crippen LogP contribution in [-0.4, -0.2) is 33.3 Å². The van der Waals surface area contributed by atoms with Crippen LogP contribution in [0.15, 0.2) is 29.1 Å². The highest BCUT2D eigenvalue weighted by atomic mass is 16.1. The molecule has 1 fully saturated rings. The first-order chi connectivity index (χ1) is 10.5. The van der Waals surface area contributed by atoms with Gasteiger partial charge in [-0.15, -0.1) is 0 Å². The molecule has 0 aliphatic carbocycles. The molecule has 0 bridgehead atoms. The van der Waals surface area contributed by atoms with Crippen molar-refractivity contribution in [2.24, 2.45) is 11.7 Å². The zero-order chi connectivity index (χ0) is 15.7. The van der Waals surface area contributed by atoms with Gasteiger partial charge in [-0.3, -0.25) is 18.9 Å². The molecule has 2 N–H and O–H groups in total. The third-order valence-corrected chi connectivity index (χ3v) is 4.31. The molecule has 0 atom stereocenters. The normalized spacial score (nSPS) is 17.0. The number of piperidine rings is 1. The zero-order valence-corrected chi connectivity index (χ0v) is 12.7.